The smallest absolute Gasteiger partial charge is 0.270 e. The van der Waals surface area contributed by atoms with Crippen LogP contribution in [0.2, 0.25) is 0 Å². The van der Waals surface area contributed by atoms with E-state index in [9.17, 15) is 29.2 Å². The zero-order chi connectivity index (χ0) is 22.5. The van der Waals surface area contributed by atoms with E-state index in [4.69, 9.17) is 0 Å². The van der Waals surface area contributed by atoms with E-state index in [1.54, 1.807) is 0 Å². The molecule has 0 bridgehead atoms. The fraction of sp³-hybridized carbons (Fsp3) is 0.524. The van der Waals surface area contributed by atoms with E-state index in [1.165, 1.54) is 4.90 Å². The molecule has 0 unspecified atom stereocenters. The van der Waals surface area contributed by atoms with Crippen LogP contribution in [-0.4, -0.2) is 62.5 Å². The van der Waals surface area contributed by atoms with Crippen LogP contribution in [0.3, 0.4) is 0 Å². The summed E-state index contributed by atoms with van der Waals surface area (Å²) in [5.41, 5.74) is 0.509. The Morgan fingerprint density at radius 2 is 2.06 bits per heavy atom. The van der Waals surface area contributed by atoms with Crippen molar-refractivity contribution in [3.05, 3.63) is 41.8 Å². The molecular formula is C21H27FN4O5. The summed E-state index contributed by atoms with van der Waals surface area (Å²) >= 11 is 0. The molecule has 1 aliphatic heterocycles. The predicted octanol–water partition coefficient (Wildman–Crippen LogP) is 1.49. The molecule has 10 heteroatoms. The lowest BCUT2D eigenvalue weighted by molar-refractivity contribution is -0.158. The van der Waals surface area contributed by atoms with Crippen LogP contribution in [0.5, 0.6) is 0 Å². The molecule has 0 aromatic carbocycles. The lowest BCUT2D eigenvalue weighted by Crippen LogP contribution is -2.46. The highest BCUT2D eigenvalue weighted by molar-refractivity contribution is 5.90. The molecule has 2 fully saturated rings. The van der Waals surface area contributed by atoms with Gasteiger partial charge in [0.05, 0.1) is 18.7 Å². The molecule has 2 atom stereocenters. The quantitative estimate of drug-likeness (QED) is 0.222. The van der Waals surface area contributed by atoms with E-state index in [2.05, 4.69) is 11.6 Å². The van der Waals surface area contributed by atoms with Crippen molar-refractivity contribution in [2.45, 2.75) is 44.6 Å². The Kier molecular flexibility index (Phi) is 7.21. The second-order valence-corrected chi connectivity index (χ2v) is 8.25. The van der Waals surface area contributed by atoms with Crippen LogP contribution >= 0.6 is 0 Å². The fourth-order valence-corrected chi connectivity index (χ4v) is 4.39. The van der Waals surface area contributed by atoms with Gasteiger partial charge in [0.1, 0.15) is 11.9 Å². The number of rotatable bonds is 7. The zero-order valence-electron chi connectivity index (χ0n) is 17.2. The first-order chi connectivity index (χ1) is 14.8. The maximum absolute atomic E-state index is 13.3. The Hall–Kier alpha value is -3.01. The Morgan fingerprint density at radius 1 is 1.35 bits per heavy atom. The molecule has 0 radical (unpaired) electrons. The van der Waals surface area contributed by atoms with Gasteiger partial charge in [-0.3, -0.25) is 19.6 Å². The second-order valence-electron chi connectivity index (χ2n) is 8.25. The molecule has 1 aromatic rings. The molecule has 2 heterocycles. The van der Waals surface area contributed by atoms with Crippen molar-refractivity contribution in [2.75, 3.05) is 13.1 Å². The van der Waals surface area contributed by atoms with Crippen LogP contribution < -0.4 is 5.49 Å². The molecule has 2 N–H and O–H groups in total. The number of likely N-dealkylation sites (tertiary alicyclic amines) is 1. The van der Waals surface area contributed by atoms with Gasteiger partial charge < -0.3 is 10.1 Å². The van der Waals surface area contributed by atoms with Crippen LogP contribution in [0, 0.1) is 17.7 Å². The van der Waals surface area contributed by atoms with Gasteiger partial charge >= 0.3 is 0 Å². The van der Waals surface area contributed by atoms with E-state index in [-0.39, 0.29) is 37.3 Å². The monoisotopic (exact) mass is 434 g/mol. The first-order valence-corrected chi connectivity index (χ1v) is 10.3. The van der Waals surface area contributed by atoms with Gasteiger partial charge in [-0.25, -0.2) is 9.45 Å². The lowest BCUT2D eigenvalue weighted by atomic mass is 9.91. The minimum Gasteiger partial charge on any atom is -0.427 e. The van der Waals surface area contributed by atoms with Crippen molar-refractivity contribution in [1.82, 2.24) is 14.7 Å². The standard InChI is InChI=1S/C21H27FN4O5/c1-14-8-18(20(28)23-19-7-6-17(22)12-26(19)31)25(10-14)21(29)16(11-24(30)13-27)9-15-4-2-3-5-15/h6-7,12-13,15-16,18,30-31H,1-5,8-11H2/t16-,18+/m1/s1. The first-order valence-electron chi connectivity index (χ1n) is 10.3. The van der Waals surface area contributed by atoms with Crippen LogP contribution in [0.25, 0.3) is 0 Å². The maximum Gasteiger partial charge on any atom is 0.270 e. The van der Waals surface area contributed by atoms with E-state index < -0.39 is 23.7 Å². The number of halogens is 1. The summed E-state index contributed by atoms with van der Waals surface area (Å²) < 4.78 is 13.6. The molecule has 9 nitrogen and oxygen atoms in total. The minimum atomic E-state index is -0.917. The summed E-state index contributed by atoms with van der Waals surface area (Å²) in [5.74, 6) is -2.05. The number of carbonyl (C=O) groups is 3. The number of nitrogens with zero attached hydrogens (tertiary/aromatic N) is 4. The summed E-state index contributed by atoms with van der Waals surface area (Å²) in [6, 6.07) is 1.29. The number of pyridine rings is 1. The Bertz CT molecular complexity index is 925. The Labute approximate surface area is 179 Å². The fourth-order valence-electron chi connectivity index (χ4n) is 4.39. The van der Waals surface area contributed by atoms with Gasteiger partial charge in [-0.05, 0) is 30.9 Å². The van der Waals surface area contributed by atoms with Crippen LogP contribution in [0.4, 0.5) is 4.39 Å². The summed E-state index contributed by atoms with van der Waals surface area (Å²) in [6.07, 6.45) is 5.90. The zero-order valence-corrected chi connectivity index (χ0v) is 17.2. The average molecular weight is 434 g/mol. The largest absolute Gasteiger partial charge is 0.427 e. The van der Waals surface area contributed by atoms with Gasteiger partial charge in [-0.15, -0.1) is 0 Å². The third-order valence-corrected chi connectivity index (χ3v) is 5.89. The van der Waals surface area contributed by atoms with Gasteiger partial charge in [-0.2, -0.15) is 9.72 Å². The third kappa shape index (κ3) is 5.57. The molecular weight excluding hydrogens is 407 g/mol. The SMILES string of the molecule is C=C1C[C@@H](C(=O)N=c2ccc(F)cn2O)N(C(=O)[C@H](CC2CCCC2)CN(O)C=O)C1. The molecule has 0 spiro atoms. The van der Waals surface area contributed by atoms with E-state index in [0.29, 0.717) is 27.7 Å². The van der Waals surface area contributed by atoms with Gasteiger partial charge in [-0.1, -0.05) is 37.8 Å². The lowest BCUT2D eigenvalue weighted by Gasteiger charge is -2.29. The van der Waals surface area contributed by atoms with Crippen molar-refractivity contribution < 1.29 is 29.2 Å². The number of hydrogen-bond acceptors (Lipinski definition) is 5. The number of hydroxylamine groups is 2. The van der Waals surface area contributed by atoms with E-state index in [1.807, 2.05) is 0 Å². The molecule has 2 aliphatic rings. The normalized spacial score (nSPS) is 20.8. The van der Waals surface area contributed by atoms with Gasteiger partial charge in [0, 0.05) is 6.54 Å². The molecule has 31 heavy (non-hydrogen) atoms. The van der Waals surface area contributed by atoms with Crippen molar-refractivity contribution >= 4 is 18.2 Å². The second kappa shape index (κ2) is 9.86. The van der Waals surface area contributed by atoms with Gasteiger partial charge in [0.25, 0.3) is 5.91 Å². The van der Waals surface area contributed by atoms with Crippen molar-refractivity contribution in [1.29, 1.82) is 0 Å². The predicted molar refractivity (Wildman–Crippen MR) is 106 cm³/mol. The molecule has 1 aromatic heterocycles. The maximum atomic E-state index is 13.3. The summed E-state index contributed by atoms with van der Waals surface area (Å²) in [4.78, 5) is 42.3. The van der Waals surface area contributed by atoms with Crippen molar-refractivity contribution in [3.63, 3.8) is 0 Å². The number of aromatic nitrogens is 1. The van der Waals surface area contributed by atoms with Gasteiger partial charge in [0.2, 0.25) is 12.3 Å². The highest BCUT2D eigenvalue weighted by Gasteiger charge is 2.40. The molecule has 3 amide bonds. The Balaban J connectivity index is 1.82. The van der Waals surface area contributed by atoms with Crippen LogP contribution in [0.1, 0.15) is 38.5 Å². The topological polar surface area (TPSA) is 115 Å². The molecule has 168 valence electrons. The van der Waals surface area contributed by atoms with E-state index >= 15 is 0 Å². The summed E-state index contributed by atoms with van der Waals surface area (Å²) in [5, 5.41) is 19.9. The van der Waals surface area contributed by atoms with Crippen molar-refractivity contribution in [3.8, 4) is 0 Å². The highest BCUT2D eigenvalue weighted by Crippen LogP contribution is 2.33. The molecule has 3 rings (SSSR count). The van der Waals surface area contributed by atoms with Crippen molar-refractivity contribution in [2.24, 2.45) is 16.8 Å². The first kappa shape index (κ1) is 22.7. The van der Waals surface area contributed by atoms with Crippen LogP contribution in [0.15, 0.2) is 35.5 Å². The highest BCUT2D eigenvalue weighted by atomic mass is 19.1. The van der Waals surface area contributed by atoms with Gasteiger partial charge in [0.15, 0.2) is 5.49 Å². The third-order valence-electron chi connectivity index (χ3n) is 5.89. The van der Waals surface area contributed by atoms with E-state index in [0.717, 1.165) is 44.0 Å². The molecule has 1 saturated carbocycles. The number of amides is 3. The number of hydrogen-bond donors (Lipinski definition) is 2. The van der Waals surface area contributed by atoms with Crippen LogP contribution in [-0.2, 0) is 14.4 Å². The molecule has 1 aliphatic carbocycles. The molecule has 1 saturated heterocycles. The summed E-state index contributed by atoms with van der Waals surface area (Å²) in [7, 11) is 0. The summed E-state index contributed by atoms with van der Waals surface area (Å²) in [6.45, 7) is 3.90. The Morgan fingerprint density at radius 3 is 2.71 bits per heavy atom. The minimum absolute atomic E-state index is 0.158. The average Bonchev–Trinajstić information content (AvgIpc) is 3.38. The number of carbonyl (C=O) groups excluding carboxylic acids is 3.